The summed E-state index contributed by atoms with van der Waals surface area (Å²) < 4.78 is 5.57. The third kappa shape index (κ3) is 5.72. The van der Waals surface area contributed by atoms with Crippen molar-refractivity contribution in [1.29, 1.82) is 0 Å². The molecule has 0 atom stereocenters. The zero-order chi connectivity index (χ0) is 19.7. The second-order valence-corrected chi connectivity index (χ2v) is 6.86. The van der Waals surface area contributed by atoms with Gasteiger partial charge in [0.25, 0.3) is 0 Å². The summed E-state index contributed by atoms with van der Waals surface area (Å²) in [4.78, 5) is 21.6. The van der Waals surface area contributed by atoms with Gasteiger partial charge in [0.2, 0.25) is 0 Å². The Kier molecular flexibility index (Phi) is 6.87. The van der Waals surface area contributed by atoms with Gasteiger partial charge in [-0.1, -0.05) is 42.5 Å². The lowest BCUT2D eigenvalue weighted by molar-refractivity contribution is -0.152. The Balaban J connectivity index is 1.67. The highest BCUT2D eigenvalue weighted by atomic mass is 16.5. The van der Waals surface area contributed by atoms with E-state index in [1.165, 1.54) is 0 Å². The lowest BCUT2D eigenvalue weighted by Gasteiger charge is -2.27. The van der Waals surface area contributed by atoms with Gasteiger partial charge < -0.3 is 10.5 Å². The molecule has 0 spiro atoms. The van der Waals surface area contributed by atoms with Gasteiger partial charge in [0, 0.05) is 23.8 Å². The number of rotatable bonds is 9. The van der Waals surface area contributed by atoms with Crippen LogP contribution in [-0.4, -0.2) is 21.5 Å². The number of nitrogens with two attached hydrogens (primary N) is 1. The average molecular weight is 375 g/mol. The van der Waals surface area contributed by atoms with Gasteiger partial charge in [-0.05, 0) is 55.5 Å². The van der Waals surface area contributed by atoms with Crippen LogP contribution in [0.5, 0.6) is 0 Å². The quantitative estimate of drug-likeness (QED) is 0.579. The van der Waals surface area contributed by atoms with Gasteiger partial charge in [-0.2, -0.15) is 0 Å². The van der Waals surface area contributed by atoms with Crippen molar-refractivity contribution < 1.29 is 9.53 Å². The van der Waals surface area contributed by atoms with E-state index in [-0.39, 0.29) is 12.6 Å². The number of benzene rings is 1. The van der Waals surface area contributed by atoms with Crippen molar-refractivity contribution >= 4 is 5.97 Å². The molecule has 0 aliphatic heterocycles. The number of esters is 1. The molecule has 5 heteroatoms. The van der Waals surface area contributed by atoms with Crippen LogP contribution in [0.25, 0.3) is 0 Å². The first-order valence-corrected chi connectivity index (χ1v) is 9.46. The highest BCUT2D eigenvalue weighted by molar-refractivity contribution is 5.80. The second-order valence-electron chi connectivity index (χ2n) is 6.86. The summed E-state index contributed by atoms with van der Waals surface area (Å²) >= 11 is 0. The molecule has 0 saturated carbocycles. The van der Waals surface area contributed by atoms with Gasteiger partial charge >= 0.3 is 5.97 Å². The van der Waals surface area contributed by atoms with Crippen LogP contribution in [-0.2, 0) is 29.0 Å². The molecule has 0 aliphatic rings. The Labute approximate surface area is 165 Å². The van der Waals surface area contributed by atoms with Crippen LogP contribution in [0.15, 0.2) is 79.1 Å². The zero-order valence-electron chi connectivity index (χ0n) is 15.8. The maximum absolute atomic E-state index is 12.9. The molecule has 0 aliphatic carbocycles. The molecule has 0 radical (unpaired) electrons. The van der Waals surface area contributed by atoms with Gasteiger partial charge in [-0.3, -0.25) is 14.8 Å². The fourth-order valence-corrected chi connectivity index (χ4v) is 2.99. The third-order valence-electron chi connectivity index (χ3n) is 4.73. The van der Waals surface area contributed by atoms with Gasteiger partial charge in [0.15, 0.2) is 0 Å². The first-order valence-electron chi connectivity index (χ1n) is 9.46. The van der Waals surface area contributed by atoms with Crippen LogP contribution in [0.1, 0.15) is 29.8 Å². The fourth-order valence-electron chi connectivity index (χ4n) is 2.99. The molecule has 3 aromatic rings. The summed E-state index contributed by atoms with van der Waals surface area (Å²) in [5.74, 6) is -0.386. The van der Waals surface area contributed by atoms with E-state index in [9.17, 15) is 4.79 Å². The van der Waals surface area contributed by atoms with Crippen molar-refractivity contribution in [2.75, 3.05) is 0 Å². The Hall–Kier alpha value is -3.05. The van der Waals surface area contributed by atoms with Crippen LogP contribution >= 0.6 is 0 Å². The molecule has 0 fully saturated rings. The Bertz CT molecular complexity index is 811. The molecular weight excluding hydrogens is 350 g/mol. The topological polar surface area (TPSA) is 78.1 Å². The van der Waals surface area contributed by atoms with Crippen molar-refractivity contribution in [2.45, 2.75) is 37.8 Å². The molecule has 0 unspecified atom stereocenters. The highest BCUT2D eigenvalue weighted by Crippen LogP contribution is 2.20. The number of pyridine rings is 2. The van der Waals surface area contributed by atoms with E-state index in [1.54, 1.807) is 12.4 Å². The molecule has 1 aromatic carbocycles. The summed E-state index contributed by atoms with van der Waals surface area (Å²) in [6.07, 6.45) is 5.64. The molecule has 2 heterocycles. The first-order chi connectivity index (χ1) is 13.7. The molecule has 28 heavy (non-hydrogen) atoms. The van der Waals surface area contributed by atoms with E-state index in [0.717, 1.165) is 17.0 Å². The number of aromatic nitrogens is 2. The van der Waals surface area contributed by atoms with E-state index >= 15 is 0 Å². The van der Waals surface area contributed by atoms with Crippen molar-refractivity contribution in [3.8, 4) is 0 Å². The predicted octanol–water partition coefficient (Wildman–Crippen LogP) is 3.48. The van der Waals surface area contributed by atoms with Crippen molar-refractivity contribution in [2.24, 2.45) is 5.73 Å². The van der Waals surface area contributed by atoms with E-state index in [1.807, 2.05) is 66.7 Å². The lowest BCUT2D eigenvalue weighted by atomic mass is 9.88. The normalized spacial score (nSPS) is 11.2. The zero-order valence-corrected chi connectivity index (χ0v) is 15.8. The minimum Gasteiger partial charge on any atom is -0.459 e. The van der Waals surface area contributed by atoms with Crippen LogP contribution < -0.4 is 5.73 Å². The number of hydrogen-bond donors (Lipinski definition) is 1. The molecule has 2 N–H and O–H groups in total. The van der Waals surface area contributed by atoms with Crippen molar-refractivity contribution in [3.63, 3.8) is 0 Å². The largest absolute Gasteiger partial charge is 0.459 e. The molecule has 0 amide bonds. The van der Waals surface area contributed by atoms with Crippen LogP contribution in [0, 0.1) is 0 Å². The minimum atomic E-state index is -1.09. The van der Waals surface area contributed by atoms with E-state index in [4.69, 9.17) is 10.5 Å². The third-order valence-corrected chi connectivity index (χ3v) is 4.73. The summed E-state index contributed by atoms with van der Waals surface area (Å²) in [7, 11) is 0. The van der Waals surface area contributed by atoms with E-state index in [0.29, 0.717) is 25.7 Å². The minimum absolute atomic E-state index is 0.214. The van der Waals surface area contributed by atoms with Crippen LogP contribution in [0.3, 0.4) is 0 Å². The second kappa shape index (κ2) is 9.76. The van der Waals surface area contributed by atoms with Gasteiger partial charge in [-0.25, -0.2) is 0 Å². The number of carbonyl (C=O) groups is 1. The summed E-state index contributed by atoms with van der Waals surface area (Å²) in [5, 5.41) is 0. The maximum atomic E-state index is 12.9. The van der Waals surface area contributed by atoms with Gasteiger partial charge in [0.05, 0.1) is 0 Å². The summed E-state index contributed by atoms with van der Waals surface area (Å²) in [6, 6.07) is 21.1. The maximum Gasteiger partial charge on any atom is 0.326 e. The SMILES string of the molecule is NC(CCc1ccccn1)(CCc1ccccn1)C(=O)OCc1ccccc1. The fraction of sp³-hybridized carbons (Fsp3) is 0.261. The monoisotopic (exact) mass is 375 g/mol. The Morgan fingerprint density at radius 1 is 0.821 bits per heavy atom. The molecule has 0 saturated heterocycles. The van der Waals surface area contributed by atoms with Crippen LogP contribution in [0.4, 0.5) is 0 Å². The number of hydrogen-bond acceptors (Lipinski definition) is 5. The molecule has 5 nitrogen and oxygen atoms in total. The highest BCUT2D eigenvalue weighted by Gasteiger charge is 2.35. The van der Waals surface area contributed by atoms with Gasteiger partial charge in [-0.15, -0.1) is 0 Å². The van der Waals surface area contributed by atoms with Crippen molar-refractivity contribution in [1.82, 2.24) is 9.97 Å². The molecule has 144 valence electrons. The number of ether oxygens (including phenoxy) is 1. The average Bonchev–Trinajstić information content (AvgIpc) is 2.77. The molecular formula is C23H25N3O2. The van der Waals surface area contributed by atoms with E-state index < -0.39 is 5.54 Å². The smallest absolute Gasteiger partial charge is 0.326 e. The van der Waals surface area contributed by atoms with Crippen molar-refractivity contribution in [3.05, 3.63) is 96.1 Å². The summed E-state index contributed by atoms with van der Waals surface area (Å²) in [6.45, 7) is 0.214. The Morgan fingerprint density at radius 3 is 1.86 bits per heavy atom. The Morgan fingerprint density at radius 2 is 1.36 bits per heavy atom. The summed E-state index contributed by atoms with van der Waals surface area (Å²) in [5.41, 5.74) is 8.23. The van der Waals surface area contributed by atoms with Gasteiger partial charge in [0.1, 0.15) is 12.1 Å². The predicted molar refractivity (Wildman–Crippen MR) is 108 cm³/mol. The van der Waals surface area contributed by atoms with E-state index in [2.05, 4.69) is 9.97 Å². The standard InChI is InChI=1S/C23H25N3O2/c24-23(14-12-20-10-4-6-16-25-20,15-13-21-11-5-7-17-26-21)22(27)28-18-19-8-2-1-3-9-19/h1-11,16-17H,12-15,18,24H2. The molecule has 2 aromatic heterocycles. The number of aryl methyl sites for hydroxylation is 2. The number of nitrogens with zero attached hydrogens (tertiary/aromatic N) is 2. The lowest BCUT2D eigenvalue weighted by Crippen LogP contribution is -2.50. The number of carbonyl (C=O) groups excluding carboxylic acids is 1. The molecule has 3 rings (SSSR count). The van der Waals surface area contributed by atoms with Crippen LogP contribution in [0.2, 0.25) is 0 Å². The first kappa shape index (κ1) is 19.7. The molecule has 0 bridgehead atoms.